The molecule has 0 N–H and O–H groups in total. The lowest BCUT2D eigenvalue weighted by molar-refractivity contribution is -0.254. The molecule has 0 aromatic carbocycles. The molecule has 0 spiro atoms. The summed E-state index contributed by atoms with van der Waals surface area (Å²) >= 11 is 7.19. The number of nitrogens with zero attached hydrogens (tertiary/aromatic N) is 2. The Morgan fingerprint density at radius 1 is 1.39 bits per heavy atom. The molecule has 5 nitrogen and oxygen atoms in total. The number of carboxylic acids is 1. The van der Waals surface area contributed by atoms with Gasteiger partial charge in [-0.25, -0.2) is 0 Å². The molecule has 0 saturated heterocycles. The maximum Gasteiger partial charge on any atom is 0.195 e. The Bertz CT molecular complexity index is 774. The smallest absolute Gasteiger partial charge is 0.195 e. The minimum Gasteiger partial charge on any atom is -0.544 e. The van der Waals surface area contributed by atoms with Crippen LogP contribution in [-0.2, 0) is 6.54 Å². The number of carbonyl (C=O) groups is 2. The molecule has 7 heteroatoms. The van der Waals surface area contributed by atoms with Crippen molar-refractivity contribution in [2.75, 3.05) is 0 Å². The molecular weight excluding hydrogens is 336 g/mol. The van der Waals surface area contributed by atoms with Crippen LogP contribution in [0, 0.1) is 12.8 Å². The molecule has 0 atom stereocenters. The third kappa shape index (κ3) is 4.09. The van der Waals surface area contributed by atoms with Gasteiger partial charge in [-0.15, -0.1) is 11.3 Å². The average molecular weight is 352 g/mol. The summed E-state index contributed by atoms with van der Waals surface area (Å²) in [5.41, 5.74) is 1.43. The van der Waals surface area contributed by atoms with Crippen molar-refractivity contribution in [2.24, 2.45) is 5.92 Å². The number of carbonyl (C=O) groups excluding carboxylic acids is 2. The third-order valence-electron chi connectivity index (χ3n) is 3.10. The van der Waals surface area contributed by atoms with Crippen LogP contribution in [0.1, 0.15) is 44.4 Å². The highest BCUT2D eigenvalue weighted by atomic mass is 35.5. The summed E-state index contributed by atoms with van der Waals surface area (Å²) in [7, 11) is 0. The minimum absolute atomic E-state index is 0.0284. The van der Waals surface area contributed by atoms with E-state index in [0.29, 0.717) is 28.1 Å². The van der Waals surface area contributed by atoms with Gasteiger partial charge in [0.05, 0.1) is 21.4 Å². The predicted molar refractivity (Wildman–Crippen MR) is 88.8 cm³/mol. The Labute approximate surface area is 143 Å². The third-order valence-corrected chi connectivity index (χ3v) is 4.58. The molecule has 2 aromatic heterocycles. The van der Waals surface area contributed by atoms with Crippen molar-refractivity contribution in [2.45, 2.75) is 27.3 Å². The van der Waals surface area contributed by atoms with E-state index in [9.17, 15) is 14.7 Å². The van der Waals surface area contributed by atoms with Gasteiger partial charge >= 0.3 is 0 Å². The van der Waals surface area contributed by atoms with Crippen LogP contribution in [0.4, 0.5) is 0 Å². The van der Waals surface area contributed by atoms with E-state index in [2.05, 4.69) is 18.9 Å². The number of hydrogen-bond acceptors (Lipinski definition) is 5. The summed E-state index contributed by atoms with van der Waals surface area (Å²) in [4.78, 5) is 23.2. The quantitative estimate of drug-likeness (QED) is 0.592. The summed E-state index contributed by atoms with van der Waals surface area (Å²) in [6.45, 7) is 6.66. The summed E-state index contributed by atoms with van der Waals surface area (Å²) in [6.07, 6.45) is 2.99. The van der Waals surface area contributed by atoms with Crippen LogP contribution >= 0.6 is 22.9 Å². The number of halogens is 1. The second kappa shape index (κ2) is 7.10. The number of aromatic nitrogens is 2. The van der Waals surface area contributed by atoms with Crippen LogP contribution in [0.15, 0.2) is 18.2 Å². The Morgan fingerprint density at radius 3 is 2.61 bits per heavy atom. The van der Waals surface area contributed by atoms with Crippen molar-refractivity contribution in [1.82, 2.24) is 9.78 Å². The van der Waals surface area contributed by atoms with E-state index in [0.717, 1.165) is 17.0 Å². The van der Waals surface area contributed by atoms with E-state index in [1.54, 1.807) is 10.8 Å². The molecule has 0 saturated carbocycles. The monoisotopic (exact) mass is 351 g/mol. The van der Waals surface area contributed by atoms with Crippen molar-refractivity contribution in [3.05, 3.63) is 44.4 Å². The van der Waals surface area contributed by atoms with Gasteiger partial charge in [-0.1, -0.05) is 25.4 Å². The second-order valence-corrected chi connectivity index (χ2v) is 6.96. The van der Waals surface area contributed by atoms with Crippen LogP contribution < -0.4 is 5.11 Å². The number of aromatic carboxylic acids is 1. The number of aryl methyl sites for hydroxylation is 1. The molecule has 2 rings (SSSR count). The number of carboxylic acid groups (broad SMARTS) is 1. The Morgan fingerprint density at radius 2 is 2.04 bits per heavy atom. The van der Waals surface area contributed by atoms with Gasteiger partial charge in [0.2, 0.25) is 0 Å². The molecule has 0 aliphatic heterocycles. The van der Waals surface area contributed by atoms with E-state index in [-0.39, 0.29) is 10.7 Å². The highest BCUT2D eigenvalue weighted by molar-refractivity contribution is 7.16. The highest BCUT2D eigenvalue weighted by Gasteiger charge is 2.13. The molecule has 0 aliphatic rings. The first-order chi connectivity index (χ1) is 10.8. The first kappa shape index (κ1) is 17.4. The maximum atomic E-state index is 12.1. The first-order valence-corrected chi connectivity index (χ1v) is 8.25. The van der Waals surface area contributed by atoms with Gasteiger partial charge < -0.3 is 9.90 Å². The molecule has 0 radical (unpaired) electrons. The van der Waals surface area contributed by atoms with Gasteiger partial charge in [0.25, 0.3) is 0 Å². The molecular formula is C16H16ClN2O3S-. The summed E-state index contributed by atoms with van der Waals surface area (Å²) in [5.74, 6) is -1.17. The number of ketones is 1. The van der Waals surface area contributed by atoms with Crippen LogP contribution in [0.3, 0.4) is 0 Å². The highest BCUT2D eigenvalue weighted by Crippen LogP contribution is 2.23. The molecule has 0 fully saturated rings. The summed E-state index contributed by atoms with van der Waals surface area (Å²) < 4.78 is 1.71. The van der Waals surface area contributed by atoms with E-state index in [1.165, 1.54) is 18.2 Å². The largest absolute Gasteiger partial charge is 0.544 e. The van der Waals surface area contributed by atoms with Crippen molar-refractivity contribution >= 4 is 40.8 Å². The number of thiophene rings is 1. The fourth-order valence-electron chi connectivity index (χ4n) is 2.04. The zero-order valence-corrected chi connectivity index (χ0v) is 14.6. The van der Waals surface area contributed by atoms with Crippen molar-refractivity contribution in [3.8, 4) is 0 Å². The molecule has 0 unspecified atom stereocenters. The fourth-order valence-corrected chi connectivity index (χ4v) is 3.11. The standard InChI is InChI=1S/C16H17ClN2O3S/c1-9(2)8-19-15(17)11(10(3)18-19)4-5-12(20)13-6-7-14(23-13)16(21)22/h4-7,9H,8H2,1-3H3,(H,21,22)/p-1/b5-4+. The van der Waals surface area contributed by atoms with Gasteiger partial charge in [-0.2, -0.15) is 5.10 Å². The van der Waals surface area contributed by atoms with E-state index in [1.807, 2.05) is 6.92 Å². The zero-order chi connectivity index (χ0) is 17.1. The second-order valence-electron chi connectivity index (χ2n) is 5.51. The Hall–Kier alpha value is -1.92. The van der Waals surface area contributed by atoms with Crippen LogP contribution in [0.25, 0.3) is 6.08 Å². The van der Waals surface area contributed by atoms with Gasteiger partial charge in [-0.05, 0) is 37.1 Å². The Balaban J connectivity index is 2.20. The Kier molecular flexibility index (Phi) is 5.38. The molecule has 122 valence electrons. The average Bonchev–Trinajstić information content (AvgIpc) is 3.04. The first-order valence-electron chi connectivity index (χ1n) is 7.06. The maximum absolute atomic E-state index is 12.1. The number of allylic oxidation sites excluding steroid dienone is 1. The normalized spacial score (nSPS) is 11.5. The molecule has 0 amide bonds. The fraction of sp³-hybridized carbons (Fsp3) is 0.312. The molecule has 0 aliphatic carbocycles. The van der Waals surface area contributed by atoms with E-state index < -0.39 is 5.97 Å². The van der Waals surface area contributed by atoms with E-state index in [4.69, 9.17) is 11.6 Å². The van der Waals surface area contributed by atoms with Gasteiger partial charge in [0.1, 0.15) is 5.15 Å². The minimum atomic E-state index is -1.29. The van der Waals surface area contributed by atoms with Crippen molar-refractivity contribution in [1.29, 1.82) is 0 Å². The molecule has 2 aromatic rings. The van der Waals surface area contributed by atoms with Crippen LogP contribution in [0.2, 0.25) is 5.15 Å². The summed E-state index contributed by atoms with van der Waals surface area (Å²) in [5, 5.41) is 15.6. The molecule has 23 heavy (non-hydrogen) atoms. The number of hydrogen-bond donors (Lipinski definition) is 0. The lowest BCUT2D eigenvalue weighted by atomic mass is 10.2. The predicted octanol–water partition coefficient (Wildman–Crippen LogP) is 2.82. The zero-order valence-electron chi connectivity index (χ0n) is 13.0. The topological polar surface area (TPSA) is 75.0 Å². The van der Waals surface area contributed by atoms with Gasteiger partial charge in [-0.3, -0.25) is 9.48 Å². The van der Waals surface area contributed by atoms with Crippen LogP contribution in [-0.4, -0.2) is 21.5 Å². The SMILES string of the molecule is Cc1nn(CC(C)C)c(Cl)c1/C=C/C(=O)c1ccc(C(=O)[O-])s1. The van der Waals surface area contributed by atoms with E-state index >= 15 is 0 Å². The van der Waals surface area contributed by atoms with Crippen molar-refractivity contribution < 1.29 is 14.7 Å². The lowest BCUT2D eigenvalue weighted by Crippen LogP contribution is -2.20. The van der Waals surface area contributed by atoms with Gasteiger partial charge in [0.15, 0.2) is 5.78 Å². The summed E-state index contributed by atoms with van der Waals surface area (Å²) in [6, 6.07) is 2.83. The van der Waals surface area contributed by atoms with Gasteiger partial charge in [0, 0.05) is 12.1 Å². The lowest BCUT2D eigenvalue weighted by Gasteiger charge is -2.05. The molecule has 0 bridgehead atoms. The molecule has 2 heterocycles. The van der Waals surface area contributed by atoms with Crippen LogP contribution in [0.5, 0.6) is 0 Å². The number of rotatable bonds is 6. The van der Waals surface area contributed by atoms with Crippen molar-refractivity contribution in [3.63, 3.8) is 0 Å².